The minimum atomic E-state index is -4.59. The van der Waals surface area contributed by atoms with Gasteiger partial charge in [0.2, 0.25) is 0 Å². The molecule has 0 bridgehead atoms. The molecule has 0 amide bonds. The molecule has 7 heteroatoms. The fraction of sp³-hybridized carbons (Fsp3) is 0.100. The van der Waals surface area contributed by atoms with Crippen molar-refractivity contribution in [2.75, 3.05) is 0 Å². The number of aromatic hydroxyl groups is 1. The van der Waals surface area contributed by atoms with Crippen LogP contribution in [0.3, 0.4) is 0 Å². The number of aromatic amines is 1. The lowest BCUT2D eigenvalue weighted by molar-refractivity contribution is -0.137. The van der Waals surface area contributed by atoms with E-state index in [0.717, 1.165) is 18.2 Å². The van der Waals surface area contributed by atoms with Crippen LogP contribution >= 0.6 is 11.6 Å². The number of rotatable bonds is 0. The molecule has 0 fully saturated rings. The second kappa shape index (κ2) is 3.66. The summed E-state index contributed by atoms with van der Waals surface area (Å²) in [6, 6.07) is 2.77. The first-order valence-corrected chi connectivity index (χ1v) is 4.80. The van der Waals surface area contributed by atoms with Gasteiger partial charge in [-0.15, -0.1) is 0 Å². The molecule has 17 heavy (non-hydrogen) atoms. The summed E-state index contributed by atoms with van der Waals surface area (Å²) in [7, 11) is 0. The van der Waals surface area contributed by atoms with Gasteiger partial charge in [0.15, 0.2) is 5.75 Å². The van der Waals surface area contributed by atoms with Gasteiger partial charge in [0, 0.05) is 5.39 Å². The second-order valence-electron chi connectivity index (χ2n) is 3.37. The molecular formula is C10H5ClF3NO2. The van der Waals surface area contributed by atoms with Crippen molar-refractivity contribution in [2.24, 2.45) is 0 Å². The molecule has 2 N–H and O–H groups in total. The Hall–Kier alpha value is -1.69. The molecule has 0 saturated carbocycles. The van der Waals surface area contributed by atoms with E-state index < -0.39 is 28.1 Å². The van der Waals surface area contributed by atoms with Crippen LogP contribution in [-0.4, -0.2) is 10.1 Å². The van der Waals surface area contributed by atoms with Crippen LogP contribution in [-0.2, 0) is 6.18 Å². The molecule has 1 heterocycles. The highest BCUT2D eigenvalue weighted by atomic mass is 35.5. The van der Waals surface area contributed by atoms with Crippen molar-refractivity contribution in [3.8, 4) is 5.75 Å². The molecule has 0 unspecified atom stereocenters. The average Bonchev–Trinajstić information content (AvgIpc) is 2.19. The van der Waals surface area contributed by atoms with E-state index in [-0.39, 0.29) is 10.9 Å². The van der Waals surface area contributed by atoms with Crippen molar-refractivity contribution in [3.05, 3.63) is 39.1 Å². The van der Waals surface area contributed by atoms with E-state index in [9.17, 15) is 18.0 Å². The molecule has 1 aromatic carbocycles. The number of pyridine rings is 1. The van der Waals surface area contributed by atoms with Crippen LogP contribution in [0.15, 0.2) is 23.0 Å². The minimum absolute atomic E-state index is 0.0569. The number of hydrogen-bond acceptors (Lipinski definition) is 2. The van der Waals surface area contributed by atoms with E-state index in [1.807, 2.05) is 0 Å². The van der Waals surface area contributed by atoms with Gasteiger partial charge in [-0.25, -0.2) is 0 Å². The lowest BCUT2D eigenvalue weighted by Crippen LogP contribution is -2.08. The molecular weight excluding hydrogens is 259 g/mol. The Morgan fingerprint density at radius 3 is 2.53 bits per heavy atom. The zero-order valence-electron chi connectivity index (χ0n) is 8.10. The van der Waals surface area contributed by atoms with Crippen LogP contribution in [0.2, 0.25) is 5.02 Å². The van der Waals surface area contributed by atoms with E-state index in [4.69, 9.17) is 16.7 Å². The summed E-state index contributed by atoms with van der Waals surface area (Å²) < 4.78 is 37.6. The number of alkyl halides is 3. The summed E-state index contributed by atoms with van der Waals surface area (Å²) in [6.45, 7) is 0. The van der Waals surface area contributed by atoms with E-state index >= 15 is 0 Å². The summed E-state index contributed by atoms with van der Waals surface area (Å²) in [5.74, 6) is -0.682. The zero-order chi connectivity index (χ0) is 12.8. The highest BCUT2D eigenvalue weighted by Crippen LogP contribution is 2.38. The monoisotopic (exact) mass is 263 g/mol. The number of hydrogen-bond donors (Lipinski definition) is 2. The first-order valence-electron chi connectivity index (χ1n) is 4.42. The van der Waals surface area contributed by atoms with Gasteiger partial charge in [0.25, 0.3) is 5.56 Å². The fourth-order valence-electron chi connectivity index (χ4n) is 1.45. The first kappa shape index (κ1) is 11.8. The predicted molar refractivity (Wildman–Crippen MR) is 56.2 cm³/mol. The van der Waals surface area contributed by atoms with E-state index in [2.05, 4.69) is 4.98 Å². The number of nitrogens with one attached hydrogen (secondary N) is 1. The van der Waals surface area contributed by atoms with Crippen molar-refractivity contribution >= 4 is 22.5 Å². The second-order valence-corrected chi connectivity index (χ2v) is 3.75. The van der Waals surface area contributed by atoms with E-state index in [1.165, 1.54) is 0 Å². The summed E-state index contributed by atoms with van der Waals surface area (Å²) in [6.07, 6.45) is -4.59. The van der Waals surface area contributed by atoms with E-state index in [0.29, 0.717) is 0 Å². The van der Waals surface area contributed by atoms with Gasteiger partial charge in [0.1, 0.15) is 0 Å². The Kier molecular flexibility index (Phi) is 2.54. The third kappa shape index (κ3) is 1.95. The Morgan fingerprint density at radius 2 is 1.94 bits per heavy atom. The molecule has 0 aliphatic rings. The summed E-state index contributed by atoms with van der Waals surface area (Å²) in [4.78, 5) is 13.3. The third-order valence-corrected chi connectivity index (χ3v) is 2.65. The maximum atomic E-state index is 12.5. The number of H-pyrrole nitrogens is 1. The minimum Gasteiger partial charge on any atom is -0.503 e. The Balaban J connectivity index is 2.85. The molecule has 2 rings (SSSR count). The average molecular weight is 264 g/mol. The molecule has 0 aliphatic heterocycles. The van der Waals surface area contributed by atoms with Crippen molar-refractivity contribution in [1.82, 2.24) is 4.98 Å². The molecule has 0 aliphatic carbocycles. The zero-order valence-corrected chi connectivity index (χ0v) is 8.86. The summed E-state index contributed by atoms with van der Waals surface area (Å²) in [5, 5.41) is 8.54. The Bertz CT molecular complexity index is 648. The number of halogens is 4. The first-order chi connectivity index (χ1) is 7.80. The third-order valence-electron chi connectivity index (χ3n) is 2.25. The standard InChI is InChI=1S/C10H5ClF3NO2/c11-8-4-3-7(16)9(17)15-6(4)2-1-5(8)10(12,13)14/h1-3,16H,(H,15,17). The molecule has 0 atom stereocenters. The number of fused-ring (bicyclic) bond motifs is 1. The molecule has 0 saturated heterocycles. The van der Waals surface area contributed by atoms with Crippen LogP contribution in [0.1, 0.15) is 5.56 Å². The lowest BCUT2D eigenvalue weighted by Gasteiger charge is -2.10. The molecule has 0 radical (unpaired) electrons. The van der Waals surface area contributed by atoms with Crippen molar-refractivity contribution in [2.45, 2.75) is 6.18 Å². The number of benzene rings is 1. The summed E-state index contributed by atoms with van der Waals surface area (Å²) in [5.41, 5.74) is -1.67. The molecule has 0 spiro atoms. The maximum absolute atomic E-state index is 12.5. The normalized spacial score (nSPS) is 12.0. The van der Waals surface area contributed by atoms with E-state index in [1.54, 1.807) is 0 Å². The maximum Gasteiger partial charge on any atom is 0.417 e. The van der Waals surface area contributed by atoms with Gasteiger partial charge in [-0.2, -0.15) is 13.2 Å². The largest absolute Gasteiger partial charge is 0.503 e. The van der Waals surface area contributed by atoms with Crippen LogP contribution in [0.4, 0.5) is 13.2 Å². The SMILES string of the molecule is O=c1[nH]c2ccc(C(F)(F)F)c(Cl)c2cc1O. The van der Waals surface area contributed by atoms with Crippen molar-refractivity contribution in [3.63, 3.8) is 0 Å². The topological polar surface area (TPSA) is 53.1 Å². The highest BCUT2D eigenvalue weighted by Gasteiger charge is 2.33. The fourth-order valence-corrected chi connectivity index (χ4v) is 1.78. The van der Waals surface area contributed by atoms with Crippen LogP contribution in [0.25, 0.3) is 10.9 Å². The van der Waals surface area contributed by atoms with Crippen LogP contribution < -0.4 is 5.56 Å². The lowest BCUT2D eigenvalue weighted by atomic mass is 10.1. The van der Waals surface area contributed by atoms with Gasteiger partial charge in [-0.3, -0.25) is 4.79 Å². The molecule has 3 nitrogen and oxygen atoms in total. The van der Waals surface area contributed by atoms with Gasteiger partial charge < -0.3 is 10.1 Å². The smallest absolute Gasteiger partial charge is 0.417 e. The number of aromatic nitrogens is 1. The van der Waals surface area contributed by atoms with Crippen LogP contribution in [0.5, 0.6) is 5.75 Å². The van der Waals surface area contributed by atoms with Crippen molar-refractivity contribution < 1.29 is 18.3 Å². The van der Waals surface area contributed by atoms with Crippen molar-refractivity contribution in [1.29, 1.82) is 0 Å². The Morgan fingerprint density at radius 1 is 1.29 bits per heavy atom. The van der Waals surface area contributed by atoms with Gasteiger partial charge >= 0.3 is 6.18 Å². The van der Waals surface area contributed by atoms with Crippen LogP contribution in [0, 0.1) is 0 Å². The van der Waals surface area contributed by atoms with Gasteiger partial charge in [0.05, 0.1) is 16.1 Å². The molecule has 1 aromatic heterocycles. The van der Waals surface area contributed by atoms with Gasteiger partial charge in [-0.1, -0.05) is 11.6 Å². The molecule has 2 aromatic rings. The predicted octanol–water partition coefficient (Wildman–Crippen LogP) is 2.91. The molecule has 90 valence electrons. The Labute approximate surface area is 97.5 Å². The highest BCUT2D eigenvalue weighted by molar-refractivity contribution is 6.36. The van der Waals surface area contributed by atoms with Gasteiger partial charge in [-0.05, 0) is 18.2 Å². The summed E-state index contributed by atoms with van der Waals surface area (Å²) >= 11 is 5.60. The quantitative estimate of drug-likeness (QED) is 0.768.